The van der Waals surface area contributed by atoms with Crippen molar-refractivity contribution in [1.29, 1.82) is 0 Å². The van der Waals surface area contributed by atoms with Crippen LogP contribution in [0.3, 0.4) is 0 Å². The Hall–Kier alpha value is -3.38. The Kier molecular flexibility index (Phi) is 3.98. The first-order chi connectivity index (χ1) is 13.7. The molecular formula is C28H22. The summed E-state index contributed by atoms with van der Waals surface area (Å²) in [5.74, 6) is 0. The molecule has 0 heteroatoms. The van der Waals surface area contributed by atoms with Gasteiger partial charge in [0.2, 0.25) is 0 Å². The molecule has 0 aromatic heterocycles. The van der Waals surface area contributed by atoms with E-state index in [0.717, 1.165) is 0 Å². The molecular weight excluding hydrogens is 336 g/mol. The lowest BCUT2D eigenvalue weighted by Gasteiger charge is -2.15. The predicted octanol–water partition coefficient (Wildman–Crippen LogP) is 7.94. The van der Waals surface area contributed by atoms with Crippen molar-refractivity contribution in [3.63, 3.8) is 0 Å². The third-order valence-corrected chi connectivity index (χ3v) is 5.72. The van der Waals surface area contributed by atoms with Gasteiger partial charge in [0.15, 0.2) is 0 Å². The van der Waals surface area contributed by atoms with Gasteiger partial charge >= 0.3 is 0 Å². The summed E-state index contributed by atoms with van der Waals surface area (Å²) < 4.78 is 0. The van der Waals surface area contributed by atoms with Gasteiger partial charge in [-0.25, -0.2) is 0 Å². The number of rotatable bonds is 2. The molecule has 0 spiro atoms. The zero-order valence-corrected chi connectivity index (χ0v) is 16.2. The Bertz CT molecular complexity index is 1310. The highest BCUT2D eigenvalue weighted by molar-refractivity contribution is 6.10. The van der Waals surface area contributed by atoms with Crippen LogP contribution in [0.15, 0.2) is 97.1 Å². The monoisotopic (exact) mass is 358 g/mol. The molecule has 0 heterocycles. The Morgan fingerprint density at radius 3 is 1.50 bits per heavy atom. The van der Waals surface area contributed by atoms with Gasteiger partial charge in [-0.3, -0.25) is 0 Å². The fraction of sp³-hybridized carbons (Fsp3) is 0.0714. The summed E-state index contributed by atoms with van der Waals surface area (Å²) in [4.78, 5) is 0. The van der Waals surface area contributed by atoms with Gasteiger partial charge in [-0.1, -0.05) is 103 Å². The van der Waals surface area contributed by atoms with Crippen LogP contribution in [0.5, 0.6) is 0 Å². The van der Waals surface area contributed by atoms with E-state index in [1.807, 2.05) is 0 Å². The van der Waals surface area contributed by atoms with Crippen molar-refractivity contribution in [2.75, 3.05) is 0 Å². The van der Waals surface area contributed by atoms with Crippen LogP contribution in [0.2, 0.25) is 0 Å². The summed E-state index contributed by atoms with van der Waals surface area (Å²) in [5.41, 5.74) is 7.75. The van der Waals surface area contributed by atoms with E-state index in [9.17, 15) is 0 Å². The molecule has 0 saturated heterocycles. The van der Waals surface area contributed by atoms with Gasteiger partial charge in [0, 0.05) is 0 Å². The first kappa shape index (κ1) is 16.8. The first-order valence-electron chi connectivity index (χ1n) is 9.80. The molecule has 0 aliphatic rings. The van der Waals surface area contributed by atoms with Gasteiger partial charge in [-0.15, -0.1) is 0 Å². The van der Waals surface area contributed by atoms with E-state index in [4.69, 9.17) is 0 Å². The van der Waals surface area contributed by atoms with Crippen LogP contribution in [-0.4, -0.2) is 0 Å². The first-order valence-corrected chi connectivity index (χ1v) is 9.80. The molecule has 5 aromatic rings. The van der Waals surface area contributed by atoms with Crippen LogP contribution < -0.4 is 0 Å². The summed E-state index contributed by atoms with van der Waals surface area (Å²) in [6.45, 7) is 4.32. The van der Waals surface area contributed by atoms with Gasteiger partial charge in [0.1, 0.15) is 0 Å². The minimum Gasteiger partial charge on any atom is -0.0616 e. The number of benzene rings is 5. The van der Waals surface area contributed by atoms with E-state index in [1.165, 1.54) is 54.9 Å². The van der Waals surface area contributed by atoms with E-state index in [-0.39, 0.29) is 0 Å². The summed E-state index contributed by atoms with van der Waals surface area (Å²) in [5, 5.41) is 5.24. The van der Waals surface area contributed by atoms with Crippen LogP contribution in [-0.2, 0) is 0 Å². The SMILES string of the molecule is Cc1ccc(-c2ccc(-c3ccc(C)c4ccccc34)c3ccccc23)cc1. The maximum Gasteiger partial charge on any atom is -0.00987 e. The predicted molar refractivity (Wildman–Crippen MR) is 122 cm³/mol. The van der Waals surface area contributed by atoms with E-state index in [2.05, 4.69) is 111 Å². The maximum atomic E-state index is 2.29. The van der Waals surface area contributed by atoms with Crippen molar-refractivity contribution in [3.05, 3.63) is 108 Å². The largest absolute Gasteiger partial charge is 0.0616 e. The van der Waals surface area contributed by atoms with E-state index >= 15 is 0 Å². The van der Waals surface area contributed by atoms with Crippen molar-refractivity contribution < 1.29 is 0 Å². The highest BCUT2D eigenvalue weighted by atomic mass is 14.2. The second kappa shape index (κ2) is 6.65. The molecule has 0 radical (unpaired) electrons. The highest BCUT2D eigenvalue weighted by Crippen LogP contribution is 2.38. The van der Waals surface area contributed by atoms with Gasteiger partial charge in [-0.05, 0) is 63.2 Å². The number of hydrogen-bond donors (Lipinski definition) is 0. The van der Waals surface area contributed by atoms with Crippen LogP contribution in [0.4, 0.5) is 0 Å². The molecule has 0 fully saturated rings. The Balaban J connectivity index is 1.81. The molecule has 0 nitrogen and oxygen atoms in total. The van der Waals surface area contributed by atoms with E-state index in [0.29, 0.717) is 0 Å². The quantitative estimate of drug-likeness (QED) is 0.300. The highest BCUT2D eigenvalue weighted by Gasteiger charge is 2.12. The minimum atomic E-state index is 1.27. The van der Waals surface area contributed by atoms with Crippen LogP contribution >= 0.6 is 0 Å². The molecule has 0 atom stereocenters. The molecule has 0 saturated carbocycles. The summed E-state index contributed by atoms with van der Waals surface area (Å²) in [6, 6.07) is 35.4. The third-order valence-electron chi connectivity index (χ3n) is 5.72. The van der Waals surface area contributed by atoms with E-state index < -0.39 is 0 Å². The fourth-order valence-corrected chi connectivity index (χ4v) is 4.20. The summed E-state index contributed by atoms with van der Waals surface area (Å²) >= 11 is 0. The number of fused-ring (bicyclic) bond motifs is 2. The van der Waals surface area contributed by atoms with Gasteiger partial charge < -0.3 is 0 Å². The molecule has 5 rings (SSSR count). The molecule has 5 aromatic carbocycles. The van der Waals surface area contributed by atoms with Crippen LogP contribution in [0, 0.1) is 13.8 Å². The van der Waals surface area contributed by atoms with Gasteiger partial charge in [0.25, 0.3) is 0 Å². The van der Waals surface area contributed by atoms with Crippen LogP contribution in [0.1, 0.15) is 11.1 Å². The zero-order valence-electron chi connectivity index (χ0n) is 16.2. The normalized spacial score (nSPS) is 11.2. The van der Waals surface area contributed by atoms with Crippen LogP contribution in [0.25, 0.3) is 43.8 Å². The lowest BCUT2D eigenvalue weighted by molar-refractivity contribution is 1.47. The van der Waals surface area contributed by atoms with Gasteiger partial charge in [0.05, 0.1) is 0 Å². The van der Waals surface area contributed by atoms with Crippen molar-refractivity contribution in [2.45, 2.75) is 13.8 Å². The third kappa shape index (κ3) is 2.70. The average Bonchev–Trinajstić information content (AvgIpc) is 2.74. The average molecular weight is 358 g/mol. The smallest absolute Gasteiger partial charge is 0.00987 e. The molecule has 0 bridgehead atoms. The lowest BCUT2D eigenvalue weighted by atomic mass is 9.89. The lowest BCUT2D eigenvalue weighted by Crippen LogP contribution is -1.88. The molecule has 0 aliphatic carbocycles. The number of aryl methyl sites for hydroxylation is 2. The Labute approximate surface area is 166 Å². The second-order valence-electron chi connectivity index (χ2n) is 7.55. The zero-order chi connectivity index (χ0) is 19.1. The summed E-state index contributed by atoms with van der Waals surface area (Å²) in [6.07, 6.45) is 0. The molecule has 0 unspecified atom stereocenters. The maximum absolute atomic E-state index is 2.29. The summed E-state index contributed by atoms with van der Waals surface area (Å²) in [7, 11) is 0. The fourth-order valence-electron chi connectivity index (χ4n) is 4.20. The van der Waals surface area contributed by atoms with Crippen molar-refractivity contribution >= 4 is 21.5 Å². The Morgan fingerprint density at radius 2 is 0.857 bits per heavy atom. The minimum absolute atomic E-state index is 1.27. The van der Waals surface area contributed by atoms with Crippen molar-refractivity contribution in [2.24, 2.45) is 0 Å². The number of hydrogen-bond acceptors (Lipinski definition) is 0. The molecule has 134 valence electrons. The standard InChI is InChI=1S/C28H22/c1-19-11-14-21(15-12-19)23-17-18-28(26-10-6-5-9-25(23)26)27-16-13-20(2)22-7-3-4-8-24(22)27/h3-18H,1-2H3. The molecule has 0 N–H and O–H groups in total. The van der Waals surface area contributed by atoms with Crippen molar-refractivity contribution in [3.8, 4) is 22.3 Å². The van der Waals surface area contributed by atoms with Crippen molar-refractivity contribution in [1.82, 2.24) is 0 Å². The second-order valence-corrected chi connectivity index (χ2v) is 7.55. The van der Waals surface area contributed by atoms with Gasteiger partial charge in [-0.2, -0.15) is 0 Å². The molecule has 28 heavy (non-hydrogen) atoms. The van der Waals surface area contributed by atoms with E-state index in [1.54, 1.807) is 0 Å². The molecule has 0 aliphatic heterocycles. The molecule has 0 amide bonds. The topological polar surface area (TPSA) is 0 Å². The Morgan fingerprint density at radius 1 is 0.393 bits per heavy atom.